The smallest absolute Gasteiger partial charge is 0.322 e. The van der Waals surface area contributed by atoms with E-state index in [0.717, 1.165) is 75.4 Å². The predicted molar refractivity (Wildman–Crippen MR) is 177 cm³/mol. The highest BCUT2D eigenvalue weighted by atomic mass is 19.1. The van der Waals surface area contributed by atoms with E-state index in [-0.39, 0.29) is 41.9 Å². The number of para-hydroxylation sites is 1. The third-order valence-electron chi connectivity index (χ3n) is 10.8. The highest BCUT2D eigenvalue weighted by molar-refractivity contribution is 6.01. The van der Waals surface area contributed by atoms with Gasteiger partial charge >= 0.3 is 6.03 Å². The summed E-state index contributed by atoms with van der Waals surface area (Å²) in [7, 11) is 3.31. The van der Waals surface area contributed by atoms with Gasteiger partial charge in [-0.3, -0.25) is 18.9 Å². The highest BCUT2D eigenvalue weighted by Crippen LogP contribution is 2.43. The number of urea groups is 1. The largest absolute Gasteiger partial charge is 0.373 e. The summed E-state index contributed by atoms with van der Waals surface area (Å²) in [6.07, 6.45) is 9.10. The molecule has 2 saturated heterocycles. The first-order valence-electron chi connectivity index (χ1n) is 16.7. The Bertz CT molecular complexity index is 1860. The topological polar surface area (TPSA) is 115 Å². The number of likely N-dealkylation sites (tertiary alicyclic amines) is 1. The molecule has 7 rings (SSSR count). The lowest BCUT2D eigenvalue weighted by Crippen LogP contribution is -2.49. The Balaban J connectivity index is 0.981. The maximum Gasteiger partial charge on any atom is 0.322 e. The summed E-state index contributed by atoms with van der Waals surface area (Å²) in [5.74, 6) is 0.179. The van der Waals surface area contributed by atoms with Crippen molar-refractivity contribution in [2.75, 3.05) is 38.2 Å². The number of ether oxygens (including phenoxy) is 1. The number of hydrogen-bond acceptors (Lipinski definition) is 7. The Morgan fingerprint density at radius 1 is 1.13 bits per heavy atom. The van der Waals surface area contributed by atoms with Crippen LogP contribution in [0.5, 0.6) is 0 Å². The second-order valence-electron chi connectivity index (χ2n) is 13.4. The standard InChI is InChI=1S/C35H42FN7O4/c1-37-34(46)42(14-5-17-44)32-28-18-29(36)27(19-31(28)40(2)39-32)23-8-10-24(11-9-23)41-15-12-35(13-16-41)20-25(21-47-35)43-22-38-30-7-4-3-6-26(30)33(43)45/h3-4,6-7,17-19,22-25H,5,8-16,20-21H2,1-2H3,(H,37,46). The molecule has 248 valence electrons. The molecule has 1 aliphatic carbocycles. The summed E-state index contributed by atoms with van der Waals surface area (Å²) in [6.45, 7) is 2.60. The lowest BCUT2D eigenvalue weighted by atomic mass is 9.79. The zero-order valence-electron chi connectivity index (χ0n) is 27.0. The van der Waals surface area contributed by atoms with Crippen LogP contribution in [-0.4, -0.2) is 81.5 Å². The summed E-state index contributed by atoms with van der Waals surface area (Å²) in [5, 5.41) is 8.33. The molecule has 12 heteroatoms. The summed E-state index contributed by atoms with van der Waals surface area (Å²) in [4.78, 5) is 45.2. The Hall–Kier alpha value is -4.16. The molecule has 2 aromatic carbocycles. The number of amides is 2. The number of nitrogens with zero attached hydrogens (tertiary/aromatic N) is 6. The quantitative estimate of drug-likeness (QED) is 0.291. The van der Waals surface area contributed by atoms with Crippen LogP contribution in [0.4, 0.5) is 15.0 Å². The van der Waals surface area contributed by atoms with Gasteiger partial charge in [-0.2, -0.15) is 5.10 Å². The average molecular weight is 644 g/mol. The fourth-order valence-corrected chi connectivity index (χ4v) is 8.15. The number of carbonyl (C=O) groups excluding carboxylic acids is 2. The van der Waals surface area contributed by atoms with Gasteiger partial charge in [-0.15, -0.1) is 0 Å². The number of nitrogens with one attached hydrogen (secondary N) is 1. The number of hydrogen-bond donors (Lipinski definition) is 1. The minimum Gasteiger partial charge on any atom is -0.373 e. The van der Waals surface area contributed by atoms with E-state index in [1.165, 1.54) is 18.0 Å². The molecule has 4 aromatic rings. The molecule has 3 fully saturated rings. The summed E-state index contributed by atoms with van der Waals surface area (Å²) in [5.41, 5.74) is 1.97. The first-order valence-corrected chi connectivity index (χ1v) is 16.7. The van der Waals surface area contributed by atoms with Crippen LogP contribution >= 0.6 is 0 Å². The number of benzene rings is 2. The Morgan fingerprint density at radius 3 is 2.64 bits per heavy atom. The SMILES string of the molecule is CNC(=O)N(CCC=O)c1nn(C)c2cc(C3CCC(N4CCC5(CC4)CC(n4cnc6ccccc6c4=O)CO5)CC3)c(F)cc12. The molecule has 1 spiro atoms. The van der Waals surface area contributed by atoms with Crippen LogP contribution < -0.4 is 15.8 Å². The van der Waals surface area contributed by atoms with Crippen LogP contribution in [0.15, 0.2) is 47.5 Å². The normalized spacial score (nSPS) is 23.0. The molecule has 0 bridgehead atoms. The summed E-state index contributed by atoms with van der Waals surface area (Å²) in [6, 6.07) is 10.9. The molecule has 0 radical (unpaired) electrons. The van der Waals surface area contributed by atoms with E-state index in [2.05, 4.69) is 20.3 Å². The van der Waals surface area contributed by atoms with Crippen molar-refractivity contribution in [3.05, 3.63) is 64.5 Å². The monoisotopic (exact) mass is 643 g/mol. The average Bonchev–Trinajstić information content (AvgIpc) is 3.65. The number of aromatic nitrogens is 4. The molecule has 4 heterocycles. The van der Waals surface area contributed by atoms with E-state index < -0.39 is 6.03 Å². The van der Waals surface area contributed by atoms with Crippen molar-refractivity contribution in [1.29, 1.82) is 0 Å². The summed E-state index contributed by atoms with van der Waals surface area (Å²) < 4.78 is 25.6. The molecule has 2 amide bonds. The van der Waals surface area contributed by atoms with E-state index in [9.17, 15) is 14.4 Å². The second-order valence-corrected chi connectivity index (χ2v) is 13.4. The first kappa shape index (κ1) is 31.4. The third-order valence-corrected chi connectivity index (χ3v) is 10.8. The molecular formula is C35H42FN7O4. The van der Waals surface area contributed by atoms with Crippen LogP contribution in [0, 0.1) is 5.82 Å². The Labute approximate surface area is 272 Å². The molecule has 1 saturated carbocycles. The number of rotatable bonds is 7. The maximum atomic E-state index is 15.7. The van der Waals surface area contributed by atoms with Crippen molar-refractivity contribution >= 4 is 39.9 Å². The van der Waals surface area contributed by atoms with Gasteiger partial charge in [0.1, 0.15) is 12.1 Å². The summed E-state index contributed by atoms with van der Waals surface area (Å²) >= 11 is 0. The molecule has 2 aliphatic heterocycles. The number of aldehydes is 1. The minimum absolute atomic E-state index is 0.00433. The lowest BCUT2D eigenvalue weighted by molar-refractivity contribution is -0.107. The van der Waals surface area contributed by atoms with Gasteiger partial charge in [-0.05, 0) is 80.7 Å². The molecule has 2 aromatic heterocycles. The Morgan fingerprint density at radius 2 is 1.89 bits per heavy atom. The van der Waals surface area contributed by atoms with Crippen molar-refractivity contribution in [1.82, 2.24) is 29.5 Å². The van der Waals surface area contributed by atoms with Crippen molar-refractivity contribution < 1.29 is 18.7 Å². The van der Waals surface area contributed by atoms with E-state index in [1.54, 1.807) is 22.6 Å². The van der Waals surface area contributed by atoms with Crippen molar-refractivity contribution in [2.45, 2.75) is 75.0 Å². The maximum absolute atomic E-state index is 15.7. The highest BCUT2D eigenvalue weighted by Gasteiger charge is 2.45. The van der Waals surface area contributed by atoms with Crippen LogP contribution in [0.2, 0.25) is 0 Å². The van der Waals surface area contributed by atoms with Crippen LogP contribution in [0.1, 0.15) is 68.9 Å². The molecule has 1 N–H and O–H groups in total. The first-order chi connectivity index (χ1) is 22.8. The molecule has 1 atom stereocenters. The van der Waals surface area contributed by atoms with Gasteiger partial charge in [0.05, 0.1) is 41.0 Å². The van der Waals surface area contributed by atoms with Crippen LogP contribution in [-0.2, 0) is 16.6 Å². The minimum atomic E-state index is -0.393. The van der Waals surface area contributed by atoms with Gasteiger partial charge < -0.3 is 19.7 Å². The number of carbonyl (C=O) groups is 2. The van der Waals surface area contributed by atoms with Gasteiger partial charge in [0.15, 0.2) is 5.82 Å². The molecular weight excluding hydrogens is 601 g/mol. The van der Waals surface area contributed by atoms with Crippen LogP contribution in [0.25, 0.3) is 21.8 Å². The molecule has 11 nitrogen and oxygen atoms in total. The van der Waals surface area contributed by atoms with E-state index in [0.29, 0.717) is 34.8 Å². The van der Waals surface area contributed by atoms with Gasteiger partial charge in [0.2, 0.25) is 0 Å². The van der Waals surface area contributed by atoms with Crippen molar-refractivity contribution in [3.63, 3.8) is 0 Å². The molecule has 1 unspecified atom stereocenters. The van der Waals surface area contributed by atoms with Gasteiger partial charge in [-0.1, -0.05) is 12.1 Å². The fourth-order valence-electron chi connectivity index (χ4n) is 8.15. The zero-order chi connectivity index (χ0) is 32.7. The van der Waals surface area contributed by atoms with Crippen LogP contribution in [0.3, 0.4) is 0 Å². The number of aryl methyl sites for hydroxylation is 1. The van der Waals surface area contributed by atoms with Gasteiger partial charge in [-0.25, -0.2) is 14.2 Å². The van der Waals surface area contributed by atoms with Crippen molar-refractivity contribution in [2.24, 2.45) is 7.05 Å². The second kappa shape index (κ2) is 12.8. The van der Waals surface area contributed by atoms with E-state index in [4.69, 9.17) is 4.74 Å². The predicted octanol–water partition coefficient (Wildman–Crippen LogP) is 4.68. The Kier molecular flexibility index (Phi) is 8.56. The lowest BCUT2D eigenvalue weighted by Gasteiger charge is -2.44. The van der Waals surface area contributed by atoms with Gasteiger partial charge in [0, 0.05) is 51.6 Å². The molecule has 3 aliphatic rings. The number of piperidine rings is 1. The van der Waals surface area contributed by atoms with E-state index in [1.807, 2.05) is 30.3 Å². The van der Waals surface area contributed by atoms with Crippen molar-refractivity contribution in [3.8, 4) is 0 Å². The number of halogens is 1. The van der Waals surface area contributed by atoms with Gasteiger partial charge in [0.25, 0.3) is 5.56 Å². The molecule has 47 heavy (non-hydrogen) atoms. The number of fused-ring (bicyclic) bond motifs is 2. The number of anilines is 1. The zero-order valence-corrected chi connectivity index (χ0v) is 27.0. The third kappa shape index (κ3) is 5.82. The fraction of sp³-hybridized carbons (Fsp3) is 0.514. The van der Waals surface area contributed by atoms with E-state index >= 15 is 4.39 Å².